The van der Waals surface area contributed by atoms with Crippen LogP contribution in [0.2, 0.25) is 0 Å². The fraction of sp³-hybridized carbons (Fsp3) is 0.625. The standard InChI is InChI=1S/C16H23F4N/c1-2-3-4-5-6-7-8-15(21)12-9-10-13(14(17)11-12)16(18,19)20/h9-11,15H,2-8,21H2,1H3. The largest absolute Gasteiger partial charge is 0.419 e. The number of hydrogen-bond acceptors (Lipinski definition) is 1. The Hall–Kier alpha value is -1.10. The molecule has 0 aromatic heterocycles. The van der Waals surface area contributed by atoms with E-state index in [0.717, 1.165) is 31.4 Å². The van der Waals surface area contributed by atoms with Gasteiger partial charge in [0.05, 0.1) is 5.56 Å². The molecule has 21 heavy (non-hydrogen) atoms. The maximum absolute atomic E-state index is 13.5. The predicted molar refractivity (Wildman–Crippen MR) is 76.3 cm³/mol. The highest BCUT2D eigenvalue weighted by Gasteiger charge is 2.34. The van der Waals surface area contributed by atoms with Crippen LogP contribution in [-0.4, -0.2) is 0 Å². The molecule has 0 spiro atoms. The van der Waals surface area contributed by atoms with E-state index < -0.39 is 23.6 Å². The maximum atomic E-state index is 13.5. The molecule has 1 aromatic rings. The minimum absolute atomic E-state index is 0.409. The minimum Gasteiger partial charge on any atom is -0.324 e. The van der Waals surface area contributed by atoms with Gasteiger partial charge >= 0.3 is 6.18 Å². The highest BCUT2D eigenvalue weighted by atomic mass is 19.4. The van der Waals surface area contributed by atoms with Gasteiger partial charge in [0.1, 0.15) is 5.82 Å². The average molecular weight is 305 g/mol. The van der Waals surface area contributed by atoms with E-state index in [2.05, 4.69) is 6.92 Å². The van der Waals surface area contributed by atoms with Gasteiger partial charge in [-0.15, -0.1) is 0 Å². The third-order valence-corrected chi connectivity index (χ3v) is 3.60. The summed E-state index contributed by atoms with van der Waals surface area (Å²) in [6.07, 6.45) is 2.70. The summed E-state index contributed by atoms with van der Waals surface area (Å²) >= 11 is 0. The Morgan fingerprint density at radius 2 is 1.67 bits per heavy atom. The first-order valence-electron chi connectivity index (χ1n) is 7.48. The lowest BCUT2D eigenvalue weighted by molar-refractivity contribution is -0.140. The molecular weight excluding hydrogens is 282 g/mol. The third kappa shape index (κ3) is 6.04. The monoisotopic (exact) mass is 305 g/mol. The zero-order valence-corrected chi connectivity index (χ0v) is 12.3. The van der Waals surface area contributed by atoms with Crippen LogP contribution in [-0.2, 0) is 6.18 Å². The number of nitrogens with two attached hydrogens (primary N) is 1. The fourth-order valence-electron chi connectivity index (χ4n) is 2.30. The molecule has 1 rings (SSSR count). The van der Waals surface area contributed by atoms with Crippen LogP contribution in [0.4, 0.5) is 17.6 Å². The van der Waals surface area contributed by atoms with E-state index >= 15 is 0 Å². The molecule has 0 aliphatic heterocycles. The van der Waals surface area contributed by atoms with Gasteiger partial charge in [-0.2, -0.15) is 13.2 Å². The highest BCUT2D eigenvalue weighted by molar-refractivity contribution is 5.28. The van der Waals surface area contributed by atoms with Crippen molar-refractivity contribution in [1.29, 1.82) is 0 Å². The van der Waals surface area contributed by atoms with Gasteiger partial charge in [-0.05, 0) is 24.1 Å². The van der Waals surface area contributed by atoms with Gasteiger partial charge in [-0.1, -0.05) is 51.5 Å². The van der Waals surface area contributed by atoms with Gasteiger partial charge in [-0.3, -0.25) is 0 Å². The molecule has 0 aliphatic rings. The summed E-state index contributed by atoms with van der Waals surface area (Å²) in [5.41, 5.74) is 5.10. The first-order valence-corrected chi connectivity index (χ1v) is 7.48. The molecule has 0 amide bonds. The molecule has 0 aliphatic carbocycles. The summed E-state index contributed by atoms with van der Waals surface area (Å²) in [5.74, 6) is -1.25. The van der Waals surface area contributed by atoms with Crippen molar-refractivity contribution in [2.45, 2.75) is 64.1 Å². The predicted octanol–water partition coefficient (Wildman–Crippen LogP) is 5.59. The average Bonchev–Trinajstić information content (AvgIpc) is 2.41. The molecule has 2 N–H and O–H groups in total. The van der Waals surface area contributed by atoms with Gasteiger partial charge in [0.25, 0.3) is 0 Å². The molecule has 0 heterocycles. The molecule has 1 unspecified atom stereocenters. The molecule has 0 saturated heterocycles. The number of benzene rings is 1. The van der Waals surface area contributed by atoms with Crippen molar-refractivity contribution >= 4 is 0 Å². The normalized spacial score (nSPS) is 13.4. The number of alkyl halides is 3. The van der Waals surface area contributed by atoms with Crippen molar-refractivity contribution in [1.82, 2.24) is 0 Å². The number of hydrogen-bond donors (Lipinski definition) is 1. The topological polar surface area (TPSA) is 26.0 Å². The van der Waals surface area contributed by atoms with Crippen LogP contribution in [0.5, 0.6) is 0 Å². The molecule has 0 fully saturated rings. The van der Waals surface area contributed by atoms with Crippen LogP contribution >= 0.6 is 0 Å². The molecular formula is C16H23F4N. The number of unbranched alkanes of at least 4 members (excludes halogenated alkanes) is 5. The van der Waals surface area contributed by atoms with Crippen molar-refractivity contribution < 1.29 is 17.6 Å². The van der Waals surface area contributed by atoms with E-state index in [0.29, 0.717) is 12.0 Å². The van der Waals surface area contributed by atoms with Crippen molar-refractivity contribution in [3.63, 3.8) is 0 Å². The molecule has 0 radical (unpaired) electrons. The van der Waals surface area contributed by atoms with E-state index in [4.69, 9.17) is 5.73 Å². The van der Waals surface area contributed by atoms with Crippen LogP contribution in [0.3, 0.4) is 0 Å². The smallest absolute Gasteiger partial charge is 0.324 e. The zero-order valence-electron chi connectivity index (χ0n) is 12.3. The van der Waals surface area contributed by atoms with Crippen LogP contribution in [0, 0.1) is 5.82 Å². The Kier molecular flexibility index (Phi) is 7.15. The summed E-state index contributed by atoms with van der Waals surface area (Å²) < 4.78 is 50.8. The number of halogens is 4. The van der Waals surface area contributed by atoms with Gasteiger partial charge in [0.2, 0.25) is 0 Å². The Morgan fingerprint density at radius 3 is 2.24 bits per heavy atom. The molecule has 1 atom stereocenters. The van der Waals surface area contributed by atoms with Crippen molar-refractivity contribution in [3.05, 3.63) is 35.1 Å². The summed E-state index contributed by atoms with van der Waals surface area (Å²) in [7, 11) is 0. The SMILES string of the molecule is CCCCCCCCC(N)c1ccc(C(F)(F)F)c(F)c1. The Bertz CT molecular complexity index is 429. The van der Waals surface area contributed by atoms with Crippen LogP contribution in [0.15, 0.2) is 18.2 Å². The minimum atomic E-state index is -4.66. The second-order valence-corrected chi connectivity index (χ2v) is 5.40. The second-order valence-electron chi connectivity index (χ2n) is 5.40. The highest BCUT2D eigenvalue weighted by Crippen LogP contribution is 2.32. The first-order chi connectivity index (χ1) is 9.86. The molecule has 1 aromatic carbocycles. The molecule has 0 saturated carbocycles. The summed E-state index contributed by atoms with van der Waals surface area (Å²) in [4.78, 5) is 0. The van der Waals surface area contributed by atoms with Crippen molar-refractivity contribution in [3.8, 4) is 0 Å². The van der Waals surface area contributed by atoms with Gasteiger partial charge < -0.3 is 5.73 Å². The van der Waals surface area contributed by atoms with Crippen molar-refractivity contribution in [2.75, 3.05) is 0 Å². The molecule has 1 nitrogen and oxygen atoms in total. The van der Waals surface area contributed by atoms with Crippen molar-refractivity contribution in [2.24, 2.45) is 5.73 Å². The third-order valence-electron chi connectivity index (χ3n) is 3.60. The van der Waals surface area contributed by atoms with Crippen LogP contribution in [0.1, 0.15) is 69.0 Å². The Labute approximate surface area is 123 Å². The van der Waals surface area contributed by atoms with E-state index in [1.807, 2.05) is 0 Å². The van der Waals surface area contributed by atoms with Gasteiger partial charge in [0, 0.05) is 6.04 Å². The number of rotatable bonds is 8. The Balaban J connectivity index is 2.48. The summed E-state index contributed by atoms with van der Waals surface area (Å²) in [5, 5.41) is 0. The lowest BCUT2D eigenvalue weighted by Crippen LogP contribution is -2.13. The molecule has 0 bridgehead atoms. The van der Waals surface area contributed by atoms with Crippen LogP contribution in [0.25, 0.3) is 0 Å². The molecule has 5 heteroatoms. The zero-order chi connectivity index (χ0) is 15.9. The van der Waals surface area contributed by atoms with E-state index in [9.17, 15) is 17.6 Å². The first kappa shape index (κ1) is 18.0. The Morgan fingerprint density at radius 1 is 1.05 bits per heavy atom. The summed E-state index contributed by atoms with van der Waals surface area (Å²) in [6.45, 7) is 2.15. The molecule has 120 valence electrons. The lowest BCUT2D eigenvalue weighted by atomic mass is 9.99. The van der Waals surface area contributed by atoms with E-state index in [1.165, 1.54) is 25.3 Å². The maximum Gasteiger partial charge on any atom is 0.419 e. The van der Waals surface area contributed by atoms with Crippen LogP contribution < -0.4 is 5.73 Å². The van der Waals surface area contributed by atoms with E-state index in [-0.39, 0.29) is 0 Å². The fourth-order valence-corrected chi connectivity index (χ4v) is 2.30. The lowest BCUT2D eigenvalue weighted by Gasteiger charge is -2.14. The summed E-state index contributed by atoms with van der Waals surface area (Å²) in [6, 6.07) is 2.54. The van der Waals surface area contributed by atoms with Gasteiger partial charge in [-0.25, -0.2) is 4.39 Å². The van der Waals surface area contributed by atoms with Gasteiger partial charge in [0.15, 0.2) is 0 Å². The van der Waals surface area contributed by atoms with E-state index in [1.54, 1.807) is 0 Å². The second kappa shape index (κ2) is 8.37. The quantitative estimate of drug-likeness (QED) is 0.491.